The number of nitrogens with one attached hydrogen (secondary N) is 2. The fourth-order valence-corrected chi connectivity index (χ4v) is 7.91. The van der Waals surface area contributed by atoms with E-state index >= 15 is 0 Å². The minimum atomic E-state index is -0.828. The highest BCUT2D eigenvalue weighted by molar-refractivity contribution is 7.80. The van der Waals surface area contributed by atoms with E-state index in [1.54, 1.807) is 12.1 Å². The van der Waals surface area contributed by atoms with E-state index in [2.05, 4.69) is 94.6 Å². The molecule has 5 rings (SSSR count). The van der Waals surface area contributed by atoms with Gasteiger partial charge in [0.2, 0.25) is 0 Å². The zero-order valence-electron chi connectivity index (χ0n) is 22.7. The molecule has 7 heteroatoms. The molecule has 4 nitrogen and oxygen atoms in total. The second kappa shape index (κ2) is 13.1. The van der Waals surface area contributed by atoms with Crippen LogP contribution in [0.4, 0.5) is 10.1 Å². The summed E-state index contributed by atoms with van der Waals surface area (Å²) in [6.45, 7) is 5.23. The Morgan fingerprint density at radius 3 is 1.93 bits per heavy atom. The zero-order valence-corrected chi connectivity index (χ0v) is 24.5. The van der Waals surface area contributed by atoms with Crippen LogP contribution >= 0.6 is 20.4 Å². The largest absolute Gasteiger partial charge is 0.362 e. The van der Waals surface area contributed by atoms with Gasteiger partial charge in [0.05, 0.1) is 26.0 Å². The van der Waals surface area contributed by atoms with Crippen molar-refractivity contribution in [1.29, 1.82) is 0 Å². The van der Waals surface area contributed by atoms with Crippen molar-refractivity contribution in [3.8, 4) is 0 Å². The molecule has 0 amide bonds. The van der Waals surface area contributed by atoms with E-state index in [1.807, 2.05) is 48.5 Å². The summed E-state index contributed by atoms with van der Waals surface area (Å²) in [5, 5.41) is 7.32. The van der Waals surface area contributed by atoms with Crippen LogP contribution < -0.4 is 10.6 Å². The first-order valence-corrected chi connectivity index (χ1v) is 15.4. The fourth-order valence-electron chi connectivity index (χ4n) is 4.98. The number of hydrogen-bond donors (Lipinski definition) is 2. The van der Waals surface area contributed by atoms with Crippen molar-refractivity contribution in [3.63, 3.8) is 0 Å². The summed E-state index contributed by atoms with van der Waals surface area (Å²) in [5.41, 5.74) is 5.58. The molecule has 0 aromatic heterocycles. The van der Waals surface area contributed by atoms with Gasteiger partial charge in [-0.25, -0.2) is 4.39 Å². The van der Waals surface area contributed by atoms with E-state index in [4.69, 9.17) is 12.2 Å². The Morgan fingerprint density at radius 2 is 1.32 bits per heavy atom. The van der Waals surface area contributed by atoms with E-state index in [1.165, 1.54) is 11.1 Å². The molecule has 40 heavy (non-hydrogen) atoms. The Bertz CT molecular complexity index is 1420. The highest BCUT2D eigenvalue weighted by Crippen LogP contribution is 2.61. The molecule has 0 bridgehead atoms. The summed E-state index contributed by atoms with van der Waals surface area (Å²) in [6, 6.07) is 38.3. The van der Waals surface area contributed by atoms with E-state index in [0.29, 0.717) is 11.7 Å². The van der Waals surface area contributed by atoms with E-state index in [9.17, 15) is 4.39 Å². The van der Waals surface area contributed by atoms with Gasteiger partial charge in [-0.05, 0) is 79.2 Å². The first-order chi connectivity index (χ1) is 19.5. The maximum Gasteiger partial charge on any atom is 0.170 e. The van der Waals surface area contributed by atoms with Crippen LogP contribution in [0, 0.1) is 5.82 Å². The van der Waals surface area contributed by atoms with Crippen molar-refractivity contribution < 1.29 is 4.39 Å². The summed E-state index contributed by atoms with van der Waals surface area (Å²) in [4.78, 5) is 0. The van der Waals surface area contributed by atoms with Gasteiger partial charge in [-0.15, -0.1) is 0 Å². The van der Waals surface area contributed by atoms with Crippen molar-refractivity contribution in [3.05, 3.63) is 144 Å². The molecule has 1 unspecified atom stereocenters. The van der Waals surface area contributed by atoms with Crippen molar-refractivity contribution in [2.24, 2.45) is 0 Å². The van der Waals surface area contributed by atoms with Gasteiger partial charge < -0.3 is 20.0 Å². The topological polar surface area (TPSA) is 30.5 Å². The monoisotopic (exact) mass is 568 g/mol. The third-order valence-electron chi connectivity index (χ3n) is 7.11. The van der Waals surface area contributed by atoms with Crippen molar-refractivity contribution in [2.45, 2.75) is 25.9 Å². The molecule has 0 saturated heterocycles. The molecular weight excluding hydrogens is 534 g/mol. The number of thiocarbonyl (C=S) groups is 1. The SMILES string of the molecule is C[C@@H](c1ccccc1)N1C=C(c2ccc(F)cc2)N([C@@H](C)c2ccccc2)P1CCNC(=S)Nc1ccccc1. The molecule has 1 aliphatic heterocycles. The van der Waals surface area contributed by atoms with Crippen LogP contribution in [-0.4, -0.2) is 27.2 Å². The lowest BCUT2D eigenvalue weighted by Crippen LogP contribution is -2.33. The first kappa shape index (κ1) is 27.8. The molecule has 2 N–H and O–H groups in total. The maximum absolute atomic E-state index is 13.9. The lowest BCUT2D eigenvalue weighted by Gasteiger charge is -2.40. The predicted molar refractivity (Wildman–Crippen MR) is 170 cm³/mol. The van der Waals surface area contributed by atoms with Gasteiger partial charge in [0.25, 0.3) is 0 Å². The summed E-state index contributed by atoms with van der Waals surface area (Å²) in [6.07, 6.45) is 3.15. The Hall–Kier alpha value is -3.73. The minimum absolute atomic E-state index is 0.117. The van der Waals surface area contributed by atoms with Gasteiger partial charge in [-0.2, -0.15) is 0 Å². The highest BCUT2D eigenvalue weighted by atomic mass is 32.1. The van der Waals surface area contributed by atoms with Gasteiger partial charge in [-0.1, -0.05) is 78.9 Å². The van der Waals surface area contributed by atoms with Crippen LogP contribution in [0.15, 0.2) is 121 Å². The number of hydrogen-bond acceptors (Lipinski definition) is 3. The Labute approximate surface area is 243 Å². The normalized spacial score (nSPS) is 16.3. The quantitative estimate of drug-likeness (QED) is 0.156. The van der Waals surface area contributed by atoms with Crippen LogP contribution in [0.5, 0.6) is 0 Å². The molecule has 1 aliphatic rings. The molecule has 204 valence electrons. The Balaban J connectivity index is 1.46. The van der Waals surface area contributed by atoms with E-state index < -0.39 is 8.22 Å². The minimum Gasteiger partial charge on any atom is -0.362 e. The molecule has 4 aromatic carbocycles. The van der Waals surface area contributed by atoms with Crippen molar-refractivity contribution in [2.75, 3.05) is 18.0 Å². The van der Waals surface area contributed by atoms with Crippen LogP contribution in [-0.2, 0) is 0 Å². The number of rotatable bonds is 9. The molecule has 3 atom stereocenters. The van der Waals surface area contributed by atoms with Crippen LogP contribution in [0.25, 0.3) is 5.70 Å². The Morgan fingerprint density at radius 1 is 0.775 bits per heavy atom. The molecular formula is C33H34FN4PS. The smallest absolute Gasteiger partial charge is 0.170 e. The fraction of sp³-hybridized carbons (Fsp3) is 0.182. The average Bonchev–Trinajstić information content (AvgIpc) is 3.37. The number of para-hydroxylation sites is 1. The van der Waals surface area contributed by atoms with Gasteiger partial charge >= 0.3 is 0 Å². The highest BCUT2D eigenvalue weighted by Gasteiger charge is 2.38. The lowest BCUT2D eigenvalue weighted by molar-refractivity contribution is 0.449. The van der Waals surface area contributed by atoms with Crippen LogP contribution in [0.2, 0.25) is 0 Å². The third-order valence-corrected chi connectivity index (χ3v) is 10.0. The van der Waals surface area contributed by atoms with Crippen LogP contribution in [0.3, 0.4) is 0 Å². The summed E-state index contributed by atoms with van der Waals surface area (Å²) < 4.78 is 19.0. The van der Waals surface area contributed by atoms with Gasteiger partial charge in [0.15, 0.2) is 5.11 Å². The van der Waals surface area contributed by atoms with Gasteiger partial charge in [0.1, 0.15) is 5.82 Å². The molecule has 0 radical (unpaired) electrons. The van der Waals surface area contributed by atoms with Crippen molar-refractivity contribution >= 4 is 36.9 Å². The number of halogens is 1. The second-order valence-corrected chi connectivity index (χ2v) is 12.3. The van der Waals surface area contributed by atoms with Crippen molar-refractivity contribution in [1.82, 2.24) is 14.7 Å². The zero-order chi connectivity index (χ0) is 27.9. The third kappa shape index (κ3) is 6.52. The summed E-state index contributed by atoms with van der Waals surface area (Å²) in [7, 11) is -0.828. The predicted octanol–water partition coefficient (Wildman–Crippen LogP) is 8.56. The number of anilines is 1. The standard InChI is InChI=1S/C33H34FN4PS/c1-25(27-12-6-3-7-13-27)37-24-32(29-18-20-30(34)21-19-29)38(26(2)28-14-8-4-9-15-28)39(37)23-22-35-33(40)36-31-16-10-5-11-17-31/h3-21,24-26H,22-23H2,1-2H3,(H2,35,36,40)/t25-,26-,39?/m0/s1. The molecule has 4 aromatic rings. The summed E-state index contributed by atoms with van der Waals surface area (Å²) in [5.74, 6) is -0.231. The summed E-state index contributed by atoms with van der Waals surface area (Å²) >= 11 is 5.61. The molecule has 0 fully saturated rings. The number of benzene rings is 4. The van der Waals surface area contributed by atoms with E-state index in [-0.39, 0.29) is 17.9 Å². The molecule has 0 spiro atoms. The molecule has 1 heterocycles. The maximum atomic E-state index is 13.9. The number of nitrogens with zero attached hydrogens (tertiary/aromatic N) is 2. The van der Waals surface area contributed by atoms with Gasteiger partial charge in [0, 0.05) is 24.6 Å². The molecule has 0 saturated carbocycles. The first-order valence-electron chi connectivity index (χ1n) is 13.5. The van der Waals surface area contributed by atoms with E-state index in [0.717, 1.165) is 23.1 Å². The lowest BCUT2D eigenvalue weighted by atomic mass is 10.1. The molecule has 0 aliphatic carbocycles. The second-order valence-electron chi connectivity index (χ2n) is 9.76. The Kier molecular flexibility index (Phi) is 9.10. The van der Waals surface area contributed by atoms with Gasteiger partial charge in [-0.3, -0.25) is 0 Å². The average molecular weight is 569 g/mol. The van der Waals surface area contributed by atoms with Crippen LogP contribution in [0.1, 0.15) is 42.6 Å².